The maximum Gasteiger partial charge on any atom is 0.237 e. The Balaban J connectivity index is 1.44. The van der Waals surface area contributed by atoms with E-state index in [1.165, 1.54) is 12.8 Å². The van der Waals surface area contributed by atoms with Gasteiger partial charge >= 0.3 is 0 Å². The Morgan fingerprint density at radius 1 is 0.970 bits per heavy atom. The number of nitrogens with zero attached hydrogens (tertiary/aromatic N) is 1. The summed E-state index contributed by atoms with van der Waals surface area (Å²) in [6.07, 6.45) is 14.4. The third-order valence-electron chi connectivity index (χ3n) is 9.07. The monoisotopic (exact) mass is 477 g/mol. The summed E-state index contributed by atoms with van der Waals surface area (Å²) in [6, 6.07) is 0.556. The molecule has 33 heavy (non-hydrogen) atoms. The van der Waals surface area contributed by atoms with Crippen molar-refractivity contribution in [1.29, 1.82) is 5.41 Å². The Morgan fingerprint density at radius 3 is 2.36 bits per heavy atom. The largest absolute Gasteiger partial charge is 0.387 e. The maximum atomic E-state index is 13.6. The van der Waals surface area contributed by atoms with E-state index in [1.807, 2.05) is 11.8 Å². The molecule has 6 unspecified atom stereocenters. The summed E-state index contributed by atoms with van der Waals surface area (Å²) in [4.78, 5) is 27.7. The fourth-order valence-corrected chi connectivity index (χ4v) is 7.89. The van der Waals surface area contributed by atoms with Gasteiger partial charge in [0.25, 0.3) is 0 Å². The fourth-order valence-electron chi connectivity index (χ4n) is 7.06. The van der Waals surface area contributed by atoms with Crippen LogP contribution in [-0.2, 0) is 9.59 Å². The van der Waals surface area contributed by atoms with E-state index < -0.39 is 0 Å². The van der Waals surface area contributed by atoms with Crippen LogP contribution in [0.15, 0.2) is 0 Å². The van der Waals surface area contributed by atoms with Crippen LogP contribution in [0.5, 0.6) is 0 Å². The number of amides is 2. The molecule has 0 radical (unpaired) electrons. The van der Waals surface area contributed by atoms with Crippen molar-refractivity contribution in [3.63, 3.8) is 0 Å². The van der Waals surface area contributed by atoms with E-state index >= 15 is 0 Å². The van der Waals surface area contributed by atoms with Crippen molar-refractivity contribution in [2.45, 2.75) is 100 Å². The molecule has 4 rings (SSSR count). The Labute approximate surface area is 203 Å². The first-order valence-electron chi connectivity index (χ1n) is 13.1. The van der Waals surface area contributed by atoms with Crippen LogP contribution in [-0.4, -0.2) is 58.7 Å². The molecule has 0 bridgehead atoms. The fraction of sp³-hybridized carbons (Fsp3) is 0.880. The van der Waals surface area contributed by atoms with Gasteiger partial charge in [-0.2, -0.15) is 11.8 Å². The van der Waals surface area contributed by atoms with Gasteiger partial charge in [0.15, 0.2) is 0 Å². The van der Waals surface area contributed by atoms with Crippen LogP contribution in [0.4, 0.5) is 0 Å². The van der Waals surface area contributed by atoms with E-state index in [4.69, 9.17) is 16.9 Å². The van der Waals surface area contributed by atoms with E-state index in [1.54, 1.807) is 0 Å². The molecule has 1 heterocycles. The second-order valence-electron chi connectivity index (χ2n) is 11.1. The van der Waals surface area contributed by atoms with Gasteiger partial charge in [-0.1, -0.05) is 6.42 Å². The first-order chi connectivity index (χ1) is 15.9. The van der Waals surface area contributed by atoms with E-state index in [-0.39, 0.29) is 29.7 Å². The van der Waals surface area contributed by atoms with Crippen LogP contribution >= 0.6 is 11.8 Å². The molecule has 0 aromatic rings. The van der Waals surface area contributed by atoms with Gasteiger partial charge in [0, 0.05) is 35.7 Å². The second kappa shape index (κ2) is 11.0. The lowest BCUT2D eigenvalue weighted by Gasteiger charge is -2.40. The van der Waals surface area contributed by atoms with Gasteiger partial charge in [-0.05, 0) is 88.7 Å². The van der Waals surface area contributed by atoms with Crippen LogP contribution in [0.1, 0.15) is 77.0 Å². The molecule has 0 aromatic carbocycles. The molecule has 186 valence electrons. The number of nitrogens with two attached hydrogens (primary N) is 2. The number of carbonyl (C=O) groups is 2. The maximum absolute atomic E-state index is 13.6. The summed E-state index contributed by atoms with van der Waals surface area (Å²) < 4.78 is 0. The summed E-state index contributed by atoms with van der Waals surface area (Å²) in [6.45, 7) is 0.910. The number of fused-ring (bicyclic) bond motifs is 1. The first-order valence-corrected chi connectivity index (χ1v) is 14.4. The Bertz CT molecular complexity index is 726. The quantitative estimate of drug-likeness (QED) is 0.331. The molecule has 0 spiro atoms. The zero-order chi connectivity index (χ0) is 23.5. The molecule has 3 saturated carbocycles. The van der Waals surface area contributed by atoms with E-state index in [2.05, 4.69) is 16.5 Å². The second-order valence-corrected chi connectivity index (χ2v) is 12.2. The molecule has 7 nitrogen and oxygen atoms in total. The standard InChI is InChI=1S/C25H43N5O2S/c1-33-20-4-2-3-19(13-20)29-25(32)22-11-17-9-10-18(23(26)27)12-21(17)30(22)14-15-5-7-16(8-6-15)24(28)31/h15-22H,2-14H2,1H3,(H3,26,27)(H2,28,31)(H,29,32). The summed E-state index contributed by atoms with van der Waals surface area (Å²) in [5.74, 6) is 1.52. The summed E-state index contributed by atoms with van der Waals surface area (Å²) in [5, 5.41) is 12.1. The number of likely N-dealkylation sites (tertiary alicyclic amines) is 1. The van der Waals surface area contributed by atoms with Gasteiger partial charge in [-0.3, -0.25) is 19.9 Å². The van der Waals surface area contributed by atoms with Gasteiger partial charge in [0.2, 0.25) is 11.8 Å². The third-order valence-corrected chi connectivity index (χ3v) is 10.2. The van der Waals surface area contributed by atoms with Gasteiger partial charge in [-0.25, -0.2) is 0 Å². The highest BCUT2D eigenvalue weighted by atomic mass is 32.2. The third kappa shape index (κ3) is 5.87. The van der Waals surface area contributed by atoms with Crippen LogP contribution in [0, 0.1) is 29.1 Å². The SMILES string of the molecule is CSC1CCCC(NC(=O)C2CC3CCC(C(=N)N)CC3N2CC2CCC(C(N)=O)CC2)C1. The minimum absolute atomic E-state index is 0.0131. The molecular formula is C25H43N5O2S. The molecule has 3 aliphatic carbocycles. The van der Waals surface area contributed by atoms with Crippen molar-refractivity contribution in [2.75, 3.05) is 12.8 Å². The predicted molar refractivity (Wildman–Crippen MR) is 134 cm³/mol. The molecule has 1 aliphatic heterocycles. The molecule has 0 aromatic heterocycles. The highest BCUT2D eigenvalue weighted by molar-refractivity contribution is 7.99. The highest BCUT2D eigenvalue weighted by Crippen LogP contribution is 2.43. The Kier molecular flexibility index (Phi) is 8.26. The summed E-state index contributed by atoms with van der Waals surface area (Å²) in [5.41, 5.74) is 11.4. The number of rotatable bonds is 7. The lowest BCUT2D eigenvalue weighted by molar-refractivity contribution is -0.127. The van der Waals surface area contributed by atoms with Crippen LogP contribution < -0.4 is 16.8 Å². The van der Waals surface area contributed by atoms with Gasteiger partial charge in [-0.15, -0.1) is 0 Å². The first kappa shape index (κ1) is 24.8. The van der Waals surface area contributed by atoms with Gasteiger partial charge in [0.1, 0.15) is 0 Å². The smallest absolute Gasteiger partial charge is 0.237 e. The van der Waals surface area contributed by atoms with E-state index in [0.717, 1.165) is 70.8 Å². The number of hydrogen-bond acceptors (Lipinski definition) is 5. The van der Waals surface area contributed by atoms with E-state index in [0.29, 0.717) is 35.0 Å². The van der Waals surface area contributed by atoms with Gasteiger partial charge < -0.3 is 16.8 Å². The summed E-state index contributed by atoms with van der Waals surface area (Å²) >= 11 is 1.93. The molecule has 6 N–H and O–H groups in total. The number of hydrogen-bond donors (Lipinski definition) is 4. The van der Waals surface area contributed by atoms with Gasteiger partial charge in [0.05, 0.1) is 11.9 Å². The van der Waals surface area contributed by atoms with E-state index in [9.17, 15) is 9.59 Å². The predicted octanol–water partition coefficient (Wildman–Crippen LogP) is 2.86. The number of thioether (sulfide) groups is 1. The number of carbonyl (C=O) groups excluding carboxylic acids is 2. The zero-order valence-electron chi connectivity index (χ0n) is 20.1. The highest BCUT2D eigenvalue weighted by Gasteiger charge is 2.48. The molecule has 2 amide bonds. The molecular weight excluding hydrogens is 434 g/mol. The number of nitrogens with one attached hydrogen (secondary N) is 2. The minimum atomic E-state index is -0.167. The zero-order valence-corrected chi connectivity index (χ0v) is 21.0. The van der Waals surface area contributed by atoms with Crippen molar-refractivity contribution >= 4 is 29.4 Å². The molecule has 8 heteroatoms. The van der Waals surface area contributed by atoms with Crippen molar-refractivity contribution in [2.24, 2.45) is 35.1 Å². The average molecular weight is 478 g/mol. The number of amidine groups is 1. The molecule has 4 fully saturated rings. The van der Waals surface area contributed by atoms with Crippen molar-refractivity contribution in [3.8, 4) is 0 Å². The van der Waals surface area contributed by atoms with Crippen molar-refractivity contribution in [3.05, 3.63) is 0 Å². The minimum Gasteiger partial charge on any atom is -0.387 e. The number of primary amides is 1. The lowest BCUT2D eigenvalue weighted by atomic mass is 9.77. The van der Waals surface area contributed by atoms with Crippen LogP contribution in [0.2, 0.25) is 0 Å². The van der Waals surface area contributed by atoms with Crippen molar-refractivity contribution < 1.29 is 9.59 Å². The van der Waals surface area contributed by atoms with Crippen LogP contribution in [0.3, 0.4) is 0 Å². The summed E-state index contributed by atoms with van der Waals surface area (Å²) in [7, 11) is 0. The topological polar surface area (TPSA) is 125 Å². The normalized spacial score (nSPS) is 39.5. The molecule has 4 aliphatic rings. The lowest BCUT2D eigenvalue weighted by Crippen LogP contribution is -2.52. The molecule has 6 atom stereocenters. The Hall–Kier alpha value is -1.28. The molecule has 1 saturated heterocycles. The average Bonchev–Trinajstić information content (AvgIpc) is 3.17. The van der Waals surface area contributed by atoms with Crippen LogP contribution in [0.25, 0.3) is 0 Å². The van der Waals surface area contributed by atoms with Crippen molar-refractivity contribution in [1.82, 2.24) is 10.2 Å². The Morgan fingerprint density at radius 2 is 1.70 bits per heavy atom.